The average molecular weight is 282 g/mol. The third-order valence-electron chi connectivity index (χ3n) is 4.76. The lowest BCUT2D eigenvalue weighted by molar-refractivity contribution is -0.138. The molecule has 2 atom stereocenters. The number of carboxylic acids is 1. The lowest BCUT2D eigenvalue weighted by atomic mass is 9.93. The van der Waals surface area contributed by atoms with Gasteiger partial charge in [-0.3, -0.25) is 4.79 Å². The third-order valence-corrected chi connectivity index (χ3v) is 4.76. The second-order valence-corrected chi connectivity index (χ2v) is 6.35. The van der Waals surface area contributed by atoms with Gasteiger partial charge in [-0.1, -0.05) is 0 Å². The van der Waals surface area contributed by atoms with Gasteiger partial charge in [0.1, 0.15) is 0 Å². The number of hydrogen-bond donors (Lipinski definition) is 1. The van der Waals surface area contributed by atoms with E-state index in [9.17, 15) is 9.59 Å². The van der Waals surface area contributed by atoms with Crippen molar-refractivity contribution in [2.75, 3.05) is 13.1 Å². The molecule has 0 radical (unpaired) electrons. The van der Waals surface area contributed by atoms with E-state index >= 15 is 0 Å². The maximum absolute atomic E-state index is 12.6. The Labute approximate surface area is 120 Å². The van der Waals surface area contributed by atoms with E-state index in [1.165, 1.54) is 6.42 Å². The predicted molar refractivity (Wildman–Crippen MR) is 76.6 cm³/mol. The summed E-state index contributed by atoms with van der Waals surface area (Å²) in [6.07, 6.45) is 5.24. The summed E-state index contributed by atoms with van der Waals surface area (Å²) in [4.78, 5) is 27.3. The van der Waals surface area contributed by atoms with E-state index in [4.69, 9.17) is 5.11 Å². The smallest absolute Gasteiger partial charge is 0.320 e. The van der Waals surface area contributed by atoms with Gasteiger partial charge < -0.3 is 14.9 Å². The number of likely N-dealkylation sites (tertiary alicyclic amines) is 2. The molecule has 114 valence electrons. The maximum Gasteiger partial charge on any atom is 0.320 e. The molecule has 2 rings (SSSR count). The van der Waals surface area contributed by atoms with Crippen molar-refractivity contribution in [2.45, 2.75) is 64.5 Å². The van der Waals surface area contributed by atoms with Gasteiger partial charge in [0.25, 0.3) is 0 Å². The van der Waals surface area contributed by atoms with Gasteiger partial charge in [-0.15, -0.1) is 0 Å². The molecule has 2 amide bonds. The quantitative estimate of drug-likeness (QED) is 0.846. The molecule has 0 aliphatic carbocycles. The molecule has 20 heavy (non-hydrogen) atoms. The minimum Gasteiger partial charge on any atom is -0.481 e. The summed E-state index contributed by atoms with van der Waals surface area (Å²) < 4.78 is 0. The first kappa shape index (κ1) is 15.1. The van der Waals surface area contributed by atoms with Gasteiger partial charge in [0.15, 0.2) is 0 Å². The van der Waals surface area contributed by atoms with Crippen LogP contribution in [0, 0.1) is 5.92 Å². The van der Waals surface area contributed by atoms with Crippen LogP contribution < -0.4 is 0 Å². The number of urea groups is 1. The highest BCUT2D eigenvalue weighted by Gasteiger charge is 2.33. The van der Waals surface area contributed by atoms with Crippen molar-refractivity contribution in [3.63, 3.8) is 0 Å². The molecule has 0 spiro atoms. The minimum absolute atomic E-state index is 0.151. The highest BCUT2D eigenvalue weighted by molar-refractivity contribution is 5.75. The van der Waals surface area contributed by atoms with Crippen molar-refractivity contribution in [1.29, 1.82) is 0 Å². The van der Waals surface area contributed by atoms with Gasteiger partial charge in [-0.25, -0.2) is 4.79 Å². The Bertz CT molecular complexity index is 354. The first-order valence-corrected chi connectivity index (χ1v) is 7.78. The molecule has 2 aliphatic heterocycles. The number of rotatable bonds is 2. The molecule has 2 fully saturated rings. The Morgan fingerprint density at radius 2 is 1.60 bits per heavy atom. The SMILES string of the molecule is CC1CCCC(C)N1C(=O)N1CCC(CC(=O)O)CC1. The Morgan fingerprint density at radius 1 is 1.05 bits per heavy atom. The molecule has 0 aromatic carbocycles. The van der Waals surface area contributed by atoms with Crippen LogP contribution in [0.5, 0.6) is 0 Å². The Hall–Kier alpha value is -1.26. The van der Waals surface area contributed by atoms with E-state index in [1.54, 1.807) is 0 Å². The first-order chi connectivity index (χ1) is 9.49. The Morgan fingerprint density at radius 3 is 2.10 bits per heavy atom. The molecule has 0 bridgehead atoms. The van der Waals surface area contributed by atoms with Crippen LogP contribution in [-0.2, 0) is 4.79 Å². The van der Waals surface area contributed by atoms with Crippen LogP contribution in [0.1, 0.15) is 52.4 Å². The topological polar surface area (TPSA) is 60.9 Å². The zero-order chi connectivity index (χ0) is 14.7. The summed E-state index contributed by atoms with van der Waals surface area (Å²) in [6, 6.07) is 0.796. The van der Waals surface area contributed by atoms with Crippen molar-refractivity contribution < 1.29 is 14.7 Å². The van der Waals surface area contributed by atoms with E-state index in [2.05, 4.69) is 13.8 Å². The van der Waals surface area contributed by atoms with Crippen LogP contribution in [0.3, 0.4) is 0 Å². The summed E-state index contributed by atoms with van der Waals surface area (Å²) in [6.45, 7) is 5.66. The van der Waals surface area contributed by atoms with E-state index in [0.717, 1.165) is 25.7 Å². The number of nitrogens with zero attached hydrogens (tertiary/aromatic N) is 2. The molecular formula is C15H26N2O3. The summed E-state index contributed by atoms with van der Waals surface area (Å²) in [5.41, 5.74) is 0. The van der Waals surface area contributed by atoms with Crippen LogP contribution in [0.15, 0.2) is 0 Å². The molecule has 1 N–H and O–H groups in total. The molecule has 0 saturated carbocycles. The fraction of sp³-hybridized carbons (Fsp3) is 0.867. The lowest BCUT2D eigenvalue weighted by Crippen LogP contribution is -2.54. The summed E-state index contributed by atoms with van der Waals surface area (Å²) in [5.74, 6) is -0.499. The van der Waals surface area contributed by atoms with Crippen molar-refractivity contribution in [3.8, 4) is 0 Å². The molecule has 2 heterocycles. The molecule has 0 aromatic rings. The number of aliphatic carboxylic acids is 1. The summed E-state index contributed by atoms with van der Waals surface area (Å²) in [5, 5.41) is 8.83. The second-order valence-electron chi connectivity index (χ2n) is 6.35. The first-order valence-electron chi connectivity index (χ1n) is 7.78. The van der Waals surface area contributed by atoms with Crippen molar-refractivity contribution in [2.24, 2.45) is 5.92 Å². The number of carbonyl (C=O) groups is 2. The van der Waals surface area contributed by atoms with E-state index in [-0.39, 0.29) is 18.4 Å². The van der Waals surface area contributed by atoms with Crippen molar-refractivity contribution in [1.82, 2.24) is 9.80 Å². The number of piperidine rings is 2. The lowest BCUT2D eigenvalue weighted by Gasteiger charge is -2.43. The van der Waals surface area contributed by atoms with Gasteiger partial charge in [0, 0.05) is 31.6 Å². The largest absolute Gasteiger partial charge is 0.481 e. The Kier molecular flexibility index (Phi) is 4.89. The normalized spacial score (nSPS) is 28.5. The van der Waals surface area contributed by atoms with Crippen LogP contribution in [-0.4, -0.2) is 52.1 Å². The molecule has 2 aliphatic rings. The van der Waals surface area contributed by atoms with E-state index < -0.39 is 5.97 Å². The predicted octanol–water partition coefficient (Wildman–Crippen LogP) is 2.56. The number of hydrogen-bond acceptors (Lipinski definition) is 2. The van der Waals surface area contributed by atoms with Gasteiger partial charge in [0.2, 0.25) is 0 Å². The van der Waals surface area contributed by atoms with Crippen molar-refractivity contribution in [3.05, 3.63) is 0 Å². The van der Waals surface area contributed by atoms with Crippen LogP contribution >= 0.6 is 0 Å². The van der Waals surface area contributed by atoms with Crippen LogP contribution in [0.4, 0.5) is 4.79 Å². The van der Waals surface area contributed by atoms with Gasteiger partial charge in [-0.05, 0) is 51.9 Å². The third kappa shape index (κ3) is 3.44. The van der Waals surface area contributed by atoms with Crippen LogP contribution in [0.25, 0.3) is 0 Å². The van der Waals surface area contributed by atoms with E-state index in [1.807, 2.05) is 9.80 Å². The van der Waals surface area contributed by atoms with Gasteiger partial charge in [0.05, 0.1) is 0 Å². The molecular weight excluding hydrogens is 256 g/mol. The molecule has 0 aromatic heterocycles. The number of carbonyl (C=O) groups excluding carboxylic acids is 1. The summed E-state index contributed by atoms with van der Waals surface area (Å²) >= 11 is 0. The number of carboxylic acid groups (broad SMARTS) is 1. The summed E-state index contributed by atoms with van der Waals surface area (Å²) in [7, 11) is 0. The zero-order valence-electron chi connectivity index (χ0n) is 12.5. The number of amides is 2. The molecule has 5 heteroatoms. The minimum atomic E-state index is -0.729. The standard InChI is InChI=1S/C15H26N2O3/c1-11-4-3-5-12(2)17(11)15(20)16-8-6-13(7-9-16)10-14(18)19/h11-13H,3-10H2,1-2H3,(H,18,19). The zero-order valence-corrected chi connectivity index (χ0v) is 12.5. The monoisotopic (exact) mass is 282 g/mol. The fourth-order valence-electron chi connectivity index (χ4n) is 3.54. The average Bonchev–Trinajstić information content (AvgIpc) is 2.38. The van der Waals surface area contributed by atoms with E-state index in [0.29, 0.717) is 25.2 Å². The highest BCUT2D eigenvalue weighted by atomic mass is 16.4. The van der Waals surface area contributed by atoms with Crippen molar-refractivity contribution >= 4 is 12.0 Å². The molecule has 2 unspecified atom stereocenters. The van der Waals surface area contributed by atoms with Crippen LogP contribution in [0.2, 0.25) is 0 Å². The molecule has 5 nitrogen and oxygen atoms in total. The molecule has 2 saturated heterocycles. The second kappa shape index (κ2) is 6.46. The maximum atomic E-state index is 12.6. The highest BCUT2D eigenvalue weighted by Crippen LogP contribution is 2.26. The fourth-order valence-corrected chi connectivity index (χ4v) is 3.54. The Balaban J connectivity index is 1.89. The van der Waals surface area contributed by atoms with Gasteiger partial charge >= 0.3 is 12.0 Å². The van der Waals surface area contributed by atoms with Gasteiger partial charge in [-0.2, -0.15) is 0 Å².